The highest BCUT2D eigenvalue weighted by atomic mass is 35.5. The molecule has 0 fully saturated rings. The van der Waals surface area contributed by atoms with Crippen LogP contribution in [-0.2, 0) is 13.0 Å². The van der Waals surface area contributed by atoms with Crippen molar-refractivity contribution < 1.29 is 0 Å². The molecule has 0 radical (unpaired) electrons. The van der Waals surface area contributed by atoms with Crippen LogP contribution in [0.25, 0.3) is 11.2 Å². The van der Waals surface area contributed by atoms with E-state index in [1.807, 2.05) is 6.07 Å². The monoisotopic (exact) mass is 252 g/mol. The number of rotatable bonds is 5. The van der Waals surface area contributed by atoms with Crippen molar-refractivity contribution >= 4 is 22.8 Å². The molecule has 0 amide bonds. The van der Waals surface area contributed by atoms with Gasteiger partial charge in [0.1, 0.15) is 11.3 Å². The molecule has 0 aliphatic heterocycles. The van der Waals surface area contributed by atoms with Crippen LogP contribution in [0, 0.1) is 0 Å². The number of aromatic nitrogens is 3. The summed E-state index contributed by atoms with van der Waals surface area (Å²) in [7, 11) is 0. The number of hydrogen-bond acceptors (Lipinski definition) is 3. The summed E-state index contributed by atoms with van der Waals surface area (Å²) >= 11 is 5.93. The summed E-state index contributed by atoms with van der Waals surface area (Å²) in [5.74, 6) is 1.07. The lowest BCUT2D eigenvalue weighted by molar-refractivity contribution is 0.622. The Morgan fingerprint density at radius 3 is 3.00 bits per heavy atom. The van der Waals surface area contributed by atoms with Crippen LogP contribution in [0.4, 0.5) is 0 Å². The minimum Gasteiger partial charge on any atom is -0.330 e. The zero-order valence-corrected chi connectivity index (χ0v) is 10.7. The smallest absolute Gasteiger partial charge is 0.160 e. The molecule has 0 atom stereocenters. The molecule has 0 unspecified atom stereocenters. The molecule has 17 heavy (non-hydrogen) atoms. The quantitative estimate of drug-likeness (QED) is 0.889. The van der Waals surface area contributed by atoms with E-state index >= 15 is 0 Å². The standard InChI is InChI=1S/C12H17ClN4/c1-2-4-11-16-10-7-9(13)8-15-12(10)17(11)6-3-5-14/h7-8H,2-6,14H2,1H3. The van der Waals surface area contributed by atoms with E-state index in [0.717, 1.165) is 42.8 Å². The maximum absolute atomic E-state index is 5.93. The second-order valence-corrected chi connectivity index (χ2v) is 4.50. The first-order valence-electron chi connectivity index (χ1n) is 5.97. The Bertz CT molecular complexity index is 506. The second kappa shape index (κ2) is 5.47. The van der Waals surface area contributed by atoms with Gasteiger partial charge in [-0.3, -0.25) is 0 Å². The minimum atomic E-state index is 0.629. The average molecular weight is 253 g/mol. The molecule has 5 heteroatoms. The molecular formula is C12H17ClN4. The normalized spacial score (nSPS) is 11.2. The molecule has 4 nitrogen and oxygen atoms in total. The summed E-state index contributed by atoms with van der Waals surface area (Å²) in [6.45, 7) is 3.70. The lowest BCUT2D eigenvalue weighted by atomic mass is 10.3. The van der Waals surface area contributed by atoms with Gasteiger partial charge < -0.3 is 10.3 Å². The molecule has 92 valence electrons. The summed E-state index contributed by atoms with van der Waals surface area (Å²) in [5, 5.41) is 0.629. The molecule has 0 aliphatic rings. The zero-order chi connectivity index (χ0) is 12.3. The molecule has 2 heterocycles. The summed E-state index contributed by atoms with van der Waals surface area (Å²) in [4.78, 5) is 8.96. The van der Waals surface area contributed by atoms with Gasteiger partial charge in [-0.2, -0.15) is 0 Å². The lowest BCUT2D eigenvalue weighted by Gasteiger charge is -2.06. The SMILES string of the molecule is CCCc1nc2cc(Cl)cnc2n1CCCN. The maximum atomic E-state index is 5.93. The van der Waals surface area contributed by atoms with Crippen LogP contribution in [0.5, 0.6) is 0 Å². The summed E-state index contributed by atoms with van der Waals surface area (Å²) in [5.41, 5.74) is 7.34. The molecular weight excluding hydrogens is 236 g/mol. The molecule has 0 bridgehead atoms. The second-order valence-electron chi connectivity index (χ2n) is 4.07. The Morgan fingerprint density at radius 2 is 2.29 bits per heavy atom. The first kappa shape index (κ1) is 12.3. The minimum absolute atomic E-state index is 0.629. The molecule has 0 aliphatic carbocycles. The molecule has 0 saturated carbocycles. The Labute approximate surface area is 106 Å². The van der Waals surface area contributed by atoms with E-state index in [4.69, 9.17) is 17.3 Å². The van der Waals surface area contributed by atoms with Crippen molar-refractivity contribution in [3.63, 3.8) is 0 Å². The summed E-state index contributed by atoms with van der Waals surface area (Å²) < 4.78 is 2.15. The van der Waals surface area contributed by atoms with Gasteiger partial charge in [-0.05, 0) is 25.5 Å². The highest BCUT2D eigenvalue weighted by Crippen LogP contribution is 2.19. The van der Waals surface area contributed by atoms with Crippen molar-refractivity contribution in [2.24, 2.45) is 5.73 Å². The molecule has 0 spiro atoms. The van der Waals surface area contributed by atoms with E-state index < -0.39 is 0 Å². The summed E-state index contributed by atoms with van der Waals surface area (Å²) in [6, 6.07) is 1.86. The summed E-state index contributed by atoms with van der Waals surface area (Å²) in [6.07, 6.45) is 4.63. The van der Waals surface area contributed by atoms with Crippen LogP contribution in [-0.4, -0.2) is 21.1 Å². The molecule has 0 saturated heterocycles. The predicted molar refractivity (Wildman–Crippen MR) is 70.2 cm³/mol. The number of fused-ring (bicyclic) bond motifs is 1. The highest BCUT2D eigenvalue weighted by molar-refractivity contribution is 6.31. The fraction of sp³-hybridized carbons (Fsp3) is 0.500. The van der Waals surface area contributed by atoms with E-state index in [0.29, 0.717) is 11.6 Å². The van der Waals surface area contributed by atoms with Crippen LogP contribution >= 0.6 is 11.6 Å². The Kier molecular flexibility index (Phi) is 3.97. The van der Waals surface area contributed by atoms with E-state index in [2.05, 4.69) is 21.5 Å². The fourth-order valence-corrected chi connectivity index (χ4v) is 2.08. The largest absolute Gasteiger partial charge is 0.330 e. The van der Waals surface area contributed by atoms with E-state index in [9.17, 15) is 0 Å². The van der Waals surface area contributed by atoms with Crippen LogP contribution in [0.3, 0.4) is 0 Å². The van der Waals surface area contributed by atoms with Crippen molar-refractivity contribution in [2.45, 2.75) is 32.7 Å². The third kappa shape index (κ3) is 2.58. The topological polar surface area (TPSA) is 56.7 Å². The van der Waals surface area contributed by atoms with Gasteiger partial charge in [0, 0.05) is 19.2 Å². The van der Waals surface area contributed by atoms with Crippen molar-refractivity contribution in [3.05, 3.63) is 23.1 Å². The van der Waals surface area contributed by atoms with Crippen molar-refractivity contribution in [1.82, 2.24) is 14.5 Å². The van der Waals surface area contributed by atoms with Gasteiger partial charge in [0.25, 0.3) is 0 Å². The highest BCUT2D eigenvalue weighted by Gasteiger charge is 2.11. The van der Waals surface area contributed by atoms with Crippen LogP contribution in [0.15, 0.2) is 12.3 Å². The Morgan fingerprint density at radius 1 is 1.47 bits per heavy atom. The van der Waals surface area contributed by atoms with Gasteiger partial charge in [-0.15, -0.1) is 0 Å². The van der Waals surface area contributed by atoms with Gasteiger partial charge in [0.15, 0.2) is 5.65 Å². The maximum Gasteiger partial charge on any atom is 0.160 e. The number of pyridine rings is 1. The van der Waals surface area contributed by atoms with Crippen molar-refractivity contribution in [2.75, 3.05) is 6.54 Å². The fourth-order valence-electron chi connectivity index (χ4n) is 1.93. The number of nitrogens with zero attached hydrogens (tertiary/aromatic N) is 3. The van der Waals surface area contributed by atoms with Crippen LogP contribution in [0.1, 0.15) is 25.6 Å². The number of hydrogen-bond donors (Lipinski definition) is 1. The Hall–Kier alpha value is -1.13. The van der Waals surface area contributed by atoms with Crippen LogP contribution < -0.4 is 5.73 Å². The van der Waals surface area contributed by atoms with Gasteiger partial charge in [-0.1, -0.05) is 18.5 Å². The zero-order valence-electron chi connectivity index (χ0n) is 9.99. The first-order chi connectivity index (χ1) is 8.26. The molecule has 2 aromatic rings. The molecule has 2 N–H and O–H groups in total. The Balaban J connectivity index is 2.46. The van der Waals surface area contributed by atoms with E-state index in [1.54, 1.807) is 6.20 Å². The lowest BCUT2D eigenvalue weighted by Crippen LogP contribution is -2.09. The molecule has 2 aromatic heterocycles. The van der Waals surface area contributed by atoms with Gasteiger partial charge in [-0.25, -0.2) is 9.97 Å². The number of imidazole rings is 1. The van der Waals surface area contributed by atoms with Gasteiger partial charge in [0.05, 0.1) is 5.02 Å². The number of nitrogens with two attached hydrogens (primary N) is 1. The third-order valence-electron chi connectivity index (χ3n) is 2.69. The van der Waals surface area contributed by atoms with Gasteiger partial charge in [0.2, 0.25) is 0 Å². The van der Waals surface area contributed by atoms with Crippen LogP contribution in [0.2, 0.25) is 5.02 Å². The van der Waals surface area contributed by atoms with Crippen molar-refractivity contribution in [1.29, 1.82) is 0 Å². The van der Waals surface area contributed by atoms with E-state index in [1.165, 1.54) is 0 Å². The predicted octanol–water partition coefficient (Wildman–Crippen LogP) is 2.39. The number of aryl methyl sites for hydroxylation is 2. The van der Waals surface area contributed by atoms with E-state index in [-0.39, 0.29) is 0 Å². The van der Waals surface area contributed by atoms with Gasteiger partial charge >= 0.3 is 0 Å². The molecule has 0 aromatic carbocycles. The number of halogens is 1. The first-order valence-corrected chi connectivity index (χ1v) is 6.34. The third-order valence-corrected chi connectivity index (χ3v) is 2.90. The molecule has 2 rings (SSSR count). The average Bonchev–Trinajstić information content (AvgIpc) is 2.63. The van der Waals surface area contributed by atoms with Crippen molar-refractivity contribution in [3.8, 4) is 0 Å².